The van der Waals surface area contributed by atoms with Gasteiger partial charge in [-0.1, -0.05) is 44.5 Å². The molecule has 1 unspecified atom stereocenters. The third kappa shape index (κ3) is 9.55. The molecular formula is C25H35NO5. The highest BCUT2D eigenvalue weighted by molar-refractivity contribution is 6.03. The third-order valence-electron chi connectivity index (χ3n) is 5.45. The predicted molar refractivity (Wildman–Crippen MR) is 118 cm³/mol. The SMILES string of the molecule is CC(C)CC(=O)CCCOCC(=O)NCc1ccc(CC(=O)C2CCCCC2=O)cc1. The molecule has 1 fully saturated rings. The monoisotopic (exact) mass is 429 g/mol. The van der Waals surface area contributed by atoms with Crippen molar-refractivity contribution in [3.8, 4) is 0 Å². The van der Waals surface area contributed by atoms with Crippen LogP contribution in [0.1, 0.15) is 69.9 Å². The quantitative estimate of drug-likeness (QED) is 0.382. The second-order valence-electron chi connectivity index (χ2n) is 8.79. The zero-order valence-electron chi connectivity index (χ0n) is 18.8. The van der Waals surface area contributed by atoms with Crippen molar-refractivity contribution in [2.45, 2.75) is 71.8 Å². The summed E-state index contributed by atoms with van der Waals surface area (Å²) >= 11 is 0. The molecule has 2 rings (SSSR count). The Kier molecular flexibility index (Phi) is 10.6. The number of ether oxygens (including phenoxy) is 1. The van der Waals surface area contributed by atoms with Gasteiger partial charge in [0.2, 0.25) is 5.91 Å². The maximum Gasteiger partial charge on any atom is 0.246 e. The fourth-order valence-electron chi connectivity index (χ4n) is 3.77. The number of hydrogen-bond acceptors (Lipinski definition) is 5. The summed E-state index contributed by atoms with van der Waals surface area (Å²) in [6.45, 7) is 4.78. The fourth-order valence-corrected chi connectivity index (χ4v) is 3.77. The zero-order valence-corrected chi connectivity index (χ0v) is 18.8. The van der Waals surface area contributed by atoms with Gasteiger partial charge in [0.25, 0.3) is 0 Å². The maximum atomic E-state index is 12.4. The van der Waals surface area contributed by atoms with Crippen LogP contribution in [-0.2, 0) is 36.9 Å². The summed E-state index contributed by atoms with van der Waals surface area (Å²) in [4.78, 5) is 47.8. The first-order valence-corrected chi connectivity index (χ1v) is 11.3. The summed E-state index contributed by atoms with van der Waals surface area (Å²) in [6.07, 6.45) is 5.03. The van der Waals surface area contributed by atoms with Crippen LogP contribution >= 0.6 is 0 Å². The Balaban J connectivity index is 1.63. The molecule has 0 saturated heterocycles. The number of rotatable bonds is 13. The van der Waals surface area contributed by atoms with Crippen LogP contribution in [0.4, 0.5) is 0 Å². The average Bonchev–Trinajstić information content (AvgIpc) is 2.72. The summed E-state index contributed by atoms with van der Waals surface area (Å²) < 4.78 is 5.34. The van der Waals surface area contributed by atoms with E-state index in [-0.39, 0.29) is 36.3 Å². The van der Waals surface area contributed by atoms with E-state index in [1.54, 1.807) is 0 Å². The van der Waals surface area contributed by atoms with Crippen LogP contribution in [0.3, 0.4) is 0 Å². The number of ketones is 3. The maximum absolute atomic E-state index is 12.4. The highest BCUT2D eigenvalue weighted by atomic mass is 16.5. The lowest BCUT2D eigenvalue weighted by atomic mass is 9.83. The van der Waals surface area contributed by atoms with Crippen LogP contribution in [0, 0.1) is 11.8 Å². The van der Waals surface area contributed by atoms with Crippen molar-refractivity contribution in [1.82, 2.24) is 5.32 Å². The van der Waals surface area contributed by atoms with Crippen molar-refractivity contribution in [3.05, 3.63) is 35.4 Å². The van der Waals surface area contributed by atoms with Crippen molar-refractivity contribution in [2.24, 2.45) is 11.8 Å². The predicted octanol–water partition coefficient (Wildman–Crippen LogP) is 3.59. The number of Topliss-reactive ketones (excluding diaryl/α,β-unsaturated/α-hetero) is 3. The molecule has 31 heavy (non-hydrogen) atoms. The summed E-state index contributed by atoms with van der Waals surface area (Å²) in [5.41, 5.74) is 1.81. The first-order valence-electron chi connectivity index (χ1n) is 11.3. The van der Waals surface area contributed by atoms with Crippen LogP contribution in [0.5, 0.6) is 0 Å². The van der Waals surface area contributed by atoms with Gasteiger partial charge in [-0.25, -0.2) is 0 Å². The van der Waals surface area contributed by atoms with Gasteiger partial charge in [0.1, 0.15) is 24.0 Å². The first kappa shape index (κ1) is 24.9. The highest BCUT2D eigenvalue weighted by Gasteiger charge is 2.28. The van der Waals surface area contributed by atoms with Crippen molar-refractivity contribution in [1.29, 1.82) is 0 Å². The Hall–Kier alpha value is -2.34. The number of nitrogens with one attached hydrogen (secondary N) is 1. The highest BCUT2D eigenvalue weighted by Crippen LogP contribution is 2.22. The van der Waals surface area contributed by atoms with Gasteiger partial charge in [-0.15, -0.1) is 0 Å². The number of benzene rings is 1. The smallest absolute Gasteiger partial charge is 0.246 e. The van der Waals surface area contributed by atoms with E-state index in [2.05, 4.69) is 5.32 Å². The van der Waals surface area contributed by atoms with E-state index in [1.807, 2.05) is 38.1 Å². The molecule has 1 aromatic rings. The largest absolute Gasteiger partial charge is 0.372 e. The van der Waals surface area contributed by atoms with Gasteiger partial charge in [0, 0.05) is 38.8 Å². The van der Waals surface area contributed by atoms with E-state index in [0.717, 1.165) is 24.0 Å². The molecule has 0 radical (unpaired) electrons. The Morgan fingerprint density at radius 3 is 2.48 bits per heavy atom. The Morgan fingerprint density at radius 2 is 1.81 bits per heavy atom. The second-order valence-corrected chi connectivity index (χ2v) is 8.79. The zero-order chi connectivity index (χ0) is 22.6. The summed E-state index contributed by atoms with van der Waals surface area (Å²) in [5.74, 6) is 0.0618. The van der Waals surface area contributed by atoms with Gasteiger partial charge in [0.05, 0.1) is 5.92 Å². The molecule has 0 spiro atoms. The number of hydrogen-bond donors (Lipinski definition) is 1. The van der Waals surface area contributed by atoms with Crippen molar-refractivity contribution < 1.29 is 23.9 Å². The fraction of sp³-hybridized carbons (Fsp3) is 0.600. The molecule has 6 nitrogen and oxygen atoms in total. The topological polar surface area (TPSA) is 89.5 Å². The lowest BCUT2D eigenvalue weighted by Crippen LogP contribution is -2.28. The van der Waals surface area contributed by atoms with Gasteiger partial charge >= 0.3 is 0 Å². The standard InChI is InChI=1S/C25H35NO5/c1-18(2)14-21(27)6-5-13-31-17-25(30)26-16-20-11-9-19(10-12-20)15-24(29)22-7-3-4-8-23(22)28/h9-12,18,22H,3-8,13-17H2,1-2H3,(H,26,30). The molecular weight excluding hydrogens is 394 g/mol. The van der Waals surface area contributed by atoms with E-state index in [1.165, 1.54) is 0 Å². The van der Waals surface area contributed by atoms with Gasteiger partial charge in [-0.2, -0.15) is 0 Å². The van der Waals surface area contributed by atoms with Crippen LogP contribution in [0.2, 0.25) is 0 Å². The molecule has 6 heteroatoms. The minimum Gasteiger partial charge on any atom is -0.372 e. The Labute approximate surface area is 185 Å². The van der Waals surface area contributed by atoms with Gasteiger partial charge in [-0.05, 0) is 36.3 Å². The molecule has 1 aromatic carbocycles. The molecule has 1 N–H and O–H groups in total. The summed E-state index contributed by atoms with van der Waals surface area (Å²) in [5, 5.41) is 2.80. The van der Waals surface area contributed by atoms with Crippen molar-refractivity contribution >= 4 is 23.3 Å². The average molecular weight is 430 g/mol. The van der Waals surface area contributed by atoms with Crippen LogP contribution in [0.25, 0.3) is 0 Å². The van der Waals surface area contributed by atoms with Crippen molar-refractivity contribution in [3.63, 3.8) is 0 Å². The second kappa shape index (κ2) is 13.2. The molecule has 0 aromatic heterocycles. The third-order valence-corrected chi connectivity index (χ3v) is 5.45. The summed E-state index contributed by atoms with van der Waals surface area (Å²) in [6, 6.07) is 7.51. The minimum absolute atomic E-state index is 0.00815. The lowest BCUT2D eigenvalue weighted by Gasteiger charge is -2.19. The molecule has 1 atom stereocenters. The Morgan fingerprint density at radius 1 is 1.10 bits per heavy atom. The number of carbonyl (C=O) groups is 4. The van der Waals surface area contributed by atoms with E-state index < -0.39 is 5.92 Å². The number of amides is 1. The normalized spacial score (nSPS) is 16.4. The first-order chi connectivity index (χ1) is 14.8. The van der Waals surface area contributed by atoms with Gasteiger partial charge < -0.3 is 10.1 Å². The van der Waals surface area contributed by atoms with E-state index >= 15 is 0 Å². The van der Waals surface area contributed by atoms with Crippen LogP contribution in [-0.4, -0.2) is 36.5 Å². The molecule has 0 aliphatic heterocycles. The molecule has 0 bridgehead atoms. The lowest BCUT2D eigenvalue weighted by molar-refractivity contribution is -0.134. The molecule has 1 saturated carbocycles. The number of carbonyl (C=O) groups excluding carboxylic acids is 4. The van der Waals surface area contributed by atoms with Gasteiger partial charge in [0.15, 0.2) is 0 Å². The molecule has 1 aliphatic rings. The molecule has 170 valence electrons. The van der Waals surface area contributed by atoms with Crippen LogP contribution < -0.4 is 5.32 Å². The Bertz CT molecular complexity index is 754. The van der Waals surface area contributed by atoms with Gasteiger partial charge in [-0.3, -0.25) is 19.2 Å². The van der Waals surface area contributed by atoms with Crippen molar-refractivity contribution in [2.75, 3.05) is 13.2 Å². The molecule has 1 amide bonds. The van der Waals surface area contributed by atoms with E-state index in [4.69, 9.17) is 4.74 Å². The van der Waals surface area contributed by atoms with E-state index in [0.29, 0.717) is 51.2 Å². The molecule has 1 aliphatic carbocycles. The minimum atomic E-state index is -0.430. The van der Waals surface area contributed by atoms with E-state index in [9.17, 15) is 19.2 Å². The van der Waals surface area contributed by atoms with Crippen LogP contribution in [0.15, 0.2) is 24.3 Å². The summed E-state index contributed by atoms with van der Waals surface area (Å²) in [7, 11) is 0. The molecule has 0 heterocycles.